The number of benzene rings is 1. The molecule has 10 heteroatoms. The number of anilines is 1. The van der Waals surface area contributed by atoms with Crippen molar-refractivity contribution < 1.29 is 27.5 Å². The molecule has 0 unspecified atom stereocenters. The van der Waals surface area contributed by atoms with Crippen LogP contribution in [0.25, 0.3) is 0 Å². The van der Waals surface area contributed by atoms with Gasteiger partial charge in [0.25, 0.3) is 15.9 Å². The van der Waals surface area contributed by atoms with Gasteiger partial charge in [-0.15, -0.1) is 4.40 Å². The minimum Gasteiger partial charge on any atom is -0.449 e. The molecule has 0 bridgehead atoms. The van der Waals surface area contributed by atoms with Crippen molar-refractivity contribution in [2.45, 2.75) is 43.6 Å². The number of carbonyl (C=O) groups is 2. The van der Waals surface area contributed by atoms with E-state index in [1.54, 1.807) is 6.07 Å². The van der Waals surface area contributed by atoms with E-state index in [-0.39, 0.29) is 10.5 Å². The lowest BCUT2D eigenvalue weighted by Crippen LogP contribution is -2.37. The zero-order valence-corrected chi connectivity index (χ0v) is 17.3. The summed E-state index contributed by atoms with van der Waals surface area (Å²) in [6.07, 6.45) is 2.44. The summed E-state index contributed by atoms with van der Waals surface area (Å²) in [4.78, 5) is 26.3. The minimum absolute atomic E-state index is 0.0187. The summed E-state index contributed by atoms with van der Waals surface area (Å²) in [7, 11) is -2.39. The number of amides is 1. The summed E-state index contributed by atoms with van der Waals surface area (Å²) in [5.74, 6) is -0.686. The summed E-state index contributed by atoms with van der Waals surface area (Å²) in [6, 6.07) is 4.39. The van der Waals surface area contributed by atoms with Crippen molar-refractivity contribution in [2.75, 3.05) is 31.7 Å². The molecule has 0 saturated carbocycles. The molecule has 2 aliphatic heterocycles. The summed E-state index contributed by atoms with van der Waals surface area (Å²) in [5.41, 5.74) is 0.580. The van der Waals surface area contributed by atoms with Crippen LogP contribution in [0, 0.1) is 0 Å². The molecular formula is C19H25N3O6S. The van der Waals surface area contributed by atoms with E-state index in [9.17, 15) is 18.0 Å². The van der Waals surface area contributed by atoms with Crippen molar-refractivity contribution in [1.82, 2.24) is 5.32 Å². The molecule has 1 amide bonds. The molecule has 2 aliphatic rings. The Bertz CT molecular complexity index is 928. The van der Waals surface area contributed by atoms with Gasteiger partial charge < -0.3 is 19.7 Å². The monoisotopic (exact) mass is 423 g/mol. The van der Waals surface area contributed by atoms with E-state index in [4.69, 9.17) is 9.47 Å². The van der Waals surface area contributed by atoms with Gasteiger partial charge in [-0.05, 0) is 38.0 Å². The number of nitrogens with one attached hydrogen (secondary N) is 1. The number of hydrogen-bond acceptors (Lipinski definition) is 7. The SMILES string of the molecule is COCCNC(=O)[C@H](C)OC(=O)c1ccc2c(c1)S(=O)(=O)N=C1CCCCCN12. The van der Waals surface area contributed by atoms with Crippen molar-refractivity contribution in [3.8, 4) is 0 Å². The third kappa shape index (κ3) is 4.76. The number of carbonyl (C=O) groups excluding carboxylic acids is 2. The summed E-state index contributed by atoms with van der Waals surface area (Å²) in [6.45, 7) is 2.77. The Balaban J connectivity index is 1.79. The van der Waals surface area contributed by atoms with Gasteiger partial charge in [0.2, 0.25) is 0 Å². The van der Waals surface area contributed by atoms with Crippen LogP contribution in [-0.4, -0.2) is 59.0 Å². The maximum absolute atomic E-state index is 12.6. The summed E-state index contributed by atoms with van der Waals surface area (Å²) in [5, 5.41) is 2.58. The Morgan fingerprint density at radius 3 is 2.83 bits per heavy atom. The van der Waals surface area contributed by atoms with Gasteiger partial charge in [-0.3, -0.25) is 4.79 Å². The molecule has 1 aromatic carbocycles. The first-order chi connectivity index (χ1) is 13.8. The molecule has 2 heterocycles. The Kier molecular flexibility index (Phi) is 6.53. The van der Waals surface area contributed by atoms with Gasteiger partial charge in [0.1, 0.15) is 10.7 Å². The summed E-state index contributed by atoms with van der Waals surface area (Å²) < 4.78 is 39.3. The number of fused-ring (bicyclic) bond motifs is 3. The quantitative estimate of drug-likeness (QED) is 0.544. The first-order valence-electron chi connectivity index (χ1n) is 9.56. The fraction of sp³-hybridized carbons (Fsp3) is 0.526. The molecule has 3 rings (SSSR count). The van der Waals surface area contributed by atoms with Crippen LogP contribution in [0.3, 0.4) is 0 Å². The van der Waals surface area contributed by atoms with E-state index in [0.717, 1.165) is 19.3 Å². The highest BCUT2D eigenvalue weighted by Gasteiger charge is 2.32. The standard InChI is InChI=1S/C19H25N3O6S/c1-13(18(23)20-9-11-27-2)28-19(24)14-7-8-15-16(12-14)29(25,26)21-17-6-4-3-5-10-22(15)17/h7-8,12-13H,3-6,9-11H2,1-2H3,(H,20,23)/t13-/m0/s1. The topological polar surface area (TPSA) is 114 Å². The second kappa shape index (κ2) is 8.91. The van der Waals surface area contributed by atoms with E-state index >= 15 is 0 Å². The van der Waals surface area contributed by atoms with E-state index < -0.39 is 28.0 Å². The Labute approximate surface area is 170 Å². The number of ether oxygens (including phenoxy) is 2. The normalized spacial score (nSPS) is 18.6. The van der Waals surface area contributed by atoms with Crippen LogP contribution in [0.2, 0.25) is 0 Å². The third-order valence-corrected chi connectivity index (χ3v) is 6.18. The number of amidine groups is 1. The van der Waals surface area contributed by atoms with Crippen molar-refractivity contribution in [3.63, 3.8) is 0 Å². The Morgan fingerprint density at radius 1 is 1.28 bits per heavy atom. The van der Waals surface area contributed by atoms with Gasteiger partial charge in [0, 0.05) is 26.6 Å². The highest BCUT2D eigenvalue weighted by Crippen LogP contribution is 2.35. The van der Waals surface area contributed by atoms with Crippen LogP contribution in [0.5, 0.6) is 0 Å². The zero-order chi connectivity index (χ0) is 21.0. The lowest BCUT2D eigenvalue weighted by molar-refractivity contribution is -0.129. The van der Waals surface area contributed by atoms with Crippen LogP contribution in [0.4, 0.5) is 5.69 Å². The first-order valence-corrected chi connectivity index (χ1v) is 11.0. The second-order valence-corrected chi connectivity index (χ2v) is 8.53. The molecule has 1 aromatic rings. The number of esters is 1. The predicted octanol–water partition coefficient (Wildman–Crippen LogP) is 1.48. The highest BCUT2D eigenvalue weighted by molar-refractivity contribution is 7.90. The maximum Gasteiger partial charge on any atom is 0.338 e. The van der Waals surface area contributed by atoms with Crippen molar-refractivity contribution in [1.29, 1.82) is 0 Å². The van der Waals surface area contributed by atoms with E-state index in [1.165, 1.54) is 26.2 Å². The lowest BCUT2D eigenvalue weighted by Gasteiger charge is -2.29. The molecular weight excluding hydrogens is 398 g/mol. The van der Waals surface area contributed by atoms with Gasteiger partial charge in [0.15, 0.2) is 6.10 Å². The van der Waals surface area contributed by atoms with Gasteiger partial charge >= 0.3 is 5.97 Å². The molecule has 29 heavy (non-hydrogen) atoms. The third-order valence-electron chi connectivity index (χ3n) is 4.84. The fourth-order valence-corrected chi connectivity index (χ4v) is 4.59. The summed E-state index contributed by atoms with van der Waals surface area (Å²) >= 11 is 0. The molecule has 1 N–H and O–H groups in total. The Morgan fingerprint density at radius 2 is 2.07 bits per heavy atom. The number of rotatable bonds is 6. The predicted molar refractivity (Wildman–Crippen MR) is 107 cm³/mol. The average molecular weight is 423 g/mol. The van der Waals surface area contributed by atoms with Gasteiger partial charge in [0.05, 0.1) is 17.9 Å². The van der Waals surface area contributed by atoms with Gasteiger partial charge in [-0.1, -0.05) is 6.42 Å². The molecule has 0 aliphatic carbocycles. The average Bonchev–Trinajstić information content (AvgIpc) is 2.92. The van der Waals surface area contributed by atoms with Crippen LogP contribution in [0.15, 0.2) is 27.5 Å². The van der Waals surface area contributed by atoms with E-state index in [2.05, 4.69) is 9.71 Å². The van der Waals surface area contributed by atoms with Gasteiger partial charge in [-0.2, -0.15) is 8.42 Å². The minimum atomic E-state index is -3.90. The Hall–Kier alpha value is -2.46. The van der Waals surface area contributed by atoms with Crippen molar-refractivity contribution in [2.24, 2.45) is 4.40 Å². The molecule has 1 fully saturated rings. The smallest absolute Gasteiger partial charge is 0.338 e. The van der Waals surface area contributed by atoms with Crippen molar-refractivity contribution >= 4 is 33.4 Å². The molecule has 9 nitrogen and oxygen atoms in total. The molecule has 1 saturated heterocycles. The van der Waals surface area contributed by atoms with E-state index in [1.807, 2.05) is 4.90 Å². The van der Waals surface area contributed by atoms with Crippen LogP contribution in [0.1, 0.15) is 43.0 Å². The fourth-order valence-electron chi connectivity index (χ4n) is 3.31. The molecule has 0 spiro atoms. The second-order valence-electron chi connectivity index (χ2n) is 6.96. The largest absolute Gasteiger partial charge is 0.449 e. The molecule has 158 valence electrons. The highest BCUT2D eigenvalue weighted by atomic mass is 32.2. The zero-order valence-electron chi connectivity index (χ0n) is 16.5. The van der Waals surface area contributed by atoms with Crippen LogP contribution >= 0.6 is 0 Å². The van der Waals surface area contributed by atoms with E-state index in [0.29, 0.717) is 37.6 Å². The lowest BCUT2D eigenvalue weighted by atomic mass is 10.1. The molecule has 0 radical (unpaired) electrons. The molecule has 1 atom stereocenters. The first kappa shape index (κ1) is 21.3. The number of hydrogen-bond donors (Lipinski definition) is 1. The number of nitrogens with zero attached hydrogens (tertiary/aromatic N) is 2. The molecule has 0 aromatic heterocycles. The van der Waals surface area contributed by atoms with Crippen LogP contribution in [-0.2, 0) is 24.3 Å². The maximum atomic E-state index is 12.6. The van der Waals surface area contributed by atoms with Gasteiger partial charge in [-0.25, -0.2) is 4.79 Å². The van der Waals surface area contributed by atoms with Crippen molar-refractivity contribution in [3.05, 3.63) is 23.8 Å². The number of sulfonamides is 1. The van der Waals surface area contributed by atoms with Crippen LogP contribution < -0.4 is 10.2 Å². The number of methoxy groups -OCH3 is 1.